The molecule has 1 atom stereocenters. The maximum atomic E-state index is 12.6. The van der Waals surface area contributed by atoms with Crippen LogP contribution in [0.2, 0.25) is 0 Å². The van der Waals surface area contributed by atoms with Crippen molar-refractivity contribution < 1.29 is 14.4 Å². The van der Waals surface area contributed by atoms with Crippen molar-refractivity contribution >= 4 is 17.7 Å². The van der Waals surface area contributed by atoms with E-state index < -0.39 is 17.9 Å². The van der Waals surface area contributed by atoms with E-state index in [1.807, 2.05) is 0 Å². The van der Waals surface area contributed by atoms with E-state index in [-0.39, 0.29) is 5.91 Å². The van der Waals surface area contributed by atoms with Gasteiger partial charge in [0.1, 0.15) is 11.9 Å². The molecule has 0 radical (unpaired) electrons. The second kappa shape index (κ2) is 4.91. The fourth-order valence-corrected chi connectivity index (χ4v) is 2.71. The highest BCUT2D eigenvalue weighted by atomic mass is 16.2. The van der Waals surface area contributed by atoms with Crippen LogP contribution in [-0.4, -0.2) is 38.2 Å². The van der Waals surface area contributed by atoms with E-state index in [9.17, 15) is 14.4 Å². The number of amides is 2. The second-order valence-electron chi connectivity index (χ2n) is 5.34. The van der Waals surface area contributed by atoms with E-state index in [2.05, 4.69) is 4.98 Å². The number of benzene rings is 1. The molecule has 0 N–H and O–H groups in total. The van der Waals surface area contributed by atoms with Crippen molar-refractivity contribution in [1.29, 1.82) is 0 Å². The first-order valence-electron chi connectivity index (χ1n) is 6.95. The van der Waals surface area contributed by atoms with Crippen molar-refractivity contribution in [3.8, 4) is 0 Å². The molecule has 0 fully saturated rings. The number of aromatic nitrogens is 2. The molecule has 6 heteroatoms. The first-order chi connectivity index (χ1) is 10.4. The van der Waals surface area contributed by atoms with Crippen molar-refractivity contribution in [1.82, 2.24) is 14.5 Å². The SMILES string of the molecule is Cc1cn(C(=O)[C@@H](C)N2C(=O)c3ccccc3C2=O)c(C)n1. The highest BCUT2D eigenvalue weighted by Crippen LogP contribution is 2.25. The van der Waals surface area contributed by atoms with Crippen molar-refractivity contribution in [2.24, 2.45) is 0 Å². The lowest BCUT2D eigenvalue weighted by atomic mass is 10.1. The van der Waals surface area contributed by atoms with Gasteiger partial charge < -0.3 is 0 Å². The number of aryl methyl sites for hydroxylation is 2. The number of carbonyl (C=O) groups excluding carboxylic acids is 3. The molecule has 0 bridgehead atoms. The van der Waals surface area contributed by atoms with Gasteiger partial charge in [-0.15, -0.1) is 0 Å². The van der Waals surface area contributed by atoms with Gasteiger partial charge in [-0.3, -0.25) is 23.9 Å². The molecule has 0 saturated carbocycles. The molecule has 1 aromatic carbocycles. The molecule has 0 aliphatic carbocycles. The number of imidazole rings is 1. The number of rotatable bonds is 2. The molecule has 6 nitrogen and oxygen atoms in total. The lowest BCUT2D eigenvalue weighted by Gasteiger charge is -2.21. The van der Waals surface area contributed by atoms with Crippen molar-refractivity contribution in [2.75, 3.05) is 0 Å². The van der Waals surface area contributed by atoms with Crippen LogP contribution in [0.15, 0.2) is 30.5 Å². The Labute approximate surface area is 127 Å². The fourth-order valence-electron chi connectivity index (χ4n) is 2.71. The fraction of sp³-hybridized carbons (Fsp3) is 0.250. The summed E-state index contributed by atoms with van der Waals surface area (Å²) in [7, 11) is 0. The maximum Gasteiger partial charge on any atom is 0.262 e. The van der Waals surface area contributed by atoms with Crippen LogP contribution in [0.3, 0.4) is 0 Å². The predicted molar refractivity (Wildman–Crippen MR) is 78.7 cm³/mol. The predicted octanol–water partition coefficient (Wildman–Crippen LogP) is 1.82. The topological polar surface area (TPSA) is 72.3 Å². The first-order valence-corrected chi connectivity index (χ1v) is 6.95. The smallest absolute Gasteiger partial charge is 0.262 e. The minimum atomic E-state index is -0.889. The third kappa shape index (κ3) is 1.95. The van der Waals surface area contributed by atoms with Crippen molar-refractivity contribution in [3.05, 3.63) is 53.1 Å². The molecule has 1 aliphatic rings. The Morgan fingerprint density at radius 1 is 1.09 bits per heavy atom. The summed E-state index contributed by atoms with van der Waals surface area (Å²) in [5, 5.41) is 0. The van der Waals surface area contributed by atoms with Crippen LogP contribution in [0.25, 0.3) is 0 Å². The lowest BCUT2D eigenvalue weighted by Crippen LogP contribution is -2.45. The van der Waals surface area contributed by atoms with Gasteiger partial charge in [0.25, 0.3) is 17.7 Å². The molecular weight excluding hydrogens is 282 g/mol. The third-order valence-corrected chi connectivity index (χ3v) is 3.81. The number of fused-ring (bicyclic) bond motifs is 1. The number of hydrogen-bond acceptors (Lipinski definition) is 4. The lowest BCUT2D eigenvalue weighted by molar-refractivity contribution is 0.0528. The van der Waals surface area contributed by atoms with E-state index in [0.717, 1.165) is 4.90 Å². The van der Waals surface area contributed by atoms with Gasteiger partial charge in [0, 0.05) is 6.20 Å². The van der Waals surface area contributed by atoms with Crippen LogP contribution in [0, 0.1) is 13.8 Å². The van der Waals surface area contributed by atoms with E-state index in [4.69, 9.17) is 0 Å². The maximum absolute atomic E-state index is 12.6. The zero-order chi connectivity index (χ0) is 16.0. The largest absolute Gasteiger partial charge is 0.272 e. The highest BCUT2D eigenvalue weighted by Gasteiger charge is 2.41. The molecule has 3 rings (SSSR count). The van der Waals surface area contributed by atoms with E-state index in [0.29, 0.717) is 22.6 Å². The minimum Gasteiger partial charge on any atom is -0.272 e. The Kier molecular flexibility index (Phi) is 3.16. The number of nitrogens with zero attached hydrogens (tertiary/aromatic N) is 3. The Bertz CT molecular complexity index is 772. The Balaban J connectivity index is 1.95. The van der Waals surface area contributed by atoms with E-state index in [1.54, 1.807) is 51.2 Å². The minimum absolute atomic E-state index is 0.339. The average Bonchev–Trinajstić information content (AvgIpc) is 2.96. The summed E-state index contributed by atoms with van der Waals surface area (Å²) < 4.78 is 1.38. The van der Waals surface area contributed by atoms with Gasteiger partial charge in [0.2, 0.25) is 0 Å². The van der Waals surface area contributed by atoms with Gasteiger partial charge in [-0.2, -0.15) is 0 Å². The van der Waals surface area contributed by atoms with E-state index >= 15 is 0 Å². The van der Waals surface area contributed by atoms with Gasteiger partial charge in [-0.05, 0) is 32.9 Å². The molecule has 1 aliphatic heterocycles. The summed E-state index contributed by atoms with van der Waals surface area (Å²) in [6.45, 7) is 5.04. The van der Waals surface area contributed by atoms with Crippen LogP contribution in [0.4, 0.5) is 0 Å². The van der Waals surface area contributed by atoms with Gasteiger partial charge in [0.05, 0.1) is 16.8 Å². The molecule has 0 spiro atoms. The van der Waals surface area contributed by atoms with Gasteiger partial charge in [-0.25, -0.2) is 4.98 Å². The number of carbonyl (C=O) groups is 3. The average molecular weight is 297 g/mol. The molecule has 2 aromatic rings. The molecule has 112 valence electrons. The van der Waals surface area contributed by atoms with Crippen LogP contribution >= 0.6 is 0 Å². The highest BCUT2D eigenvalue weighted by molar-refractivity contribution is 6.22. The second-order valence-corrected chi connectivity index (χ2v) is 5.34. The molecule has 0 saturated heterocycles. The van der Waals surface area contributed by atoms with Crippen LogP contribution in [-0.2, 0) is 0 Å². The van der Waals surface area contributed by atoms with Crippen LogP contribution in [0.5, 0.6) is 0 Å². The molecule has 2 amide bonds. The first kappa shape index (κ1) is 14.2. The summed E-state index contributed by atoms with van der Waals surface area (Å²) in [6.07, 6.45) is 1.60. The summed E-state index contributed by atoms with van der Waals surface area (Å²) >= 11 is 0. The van der Waals surface area contributed by atoms with Gasteiger partial charge >= 0.3 is 0 Å². The summed E-state index contributed by atoms with van der Waals surface area (Å²) in [4.78, 5) is 42.6. The summed E-state index contributed by atoms with van der Waals surface area (Å²) in [6, 6.07) is 5.70. The molecule has 22 heavy (non-hydrogen) atoms. The monoisotopic (exact) mass is 297 g/mol. The zero-order valence-electron chi connectivity index (χ0n) is 12.5. The quantitative estimate of drug-likeness (QED) is 0.793. The van der Waals surface area contributed by atoms with Crippen molar-refractivity contribution in [3.63, 3.8) is 0 Å². The number of hydrogen-bond donors (Lipinski definition) is 0. The van der Waals surface area contributed by atoms with Gasteiger partial charge in [-0.1, -0.05) is 12.1 Å². The third-order valence-electron chi connectivity index (χ3n) is 3.81. The zero-order valence-corrected chi connectivity index (χ0v) is 12.5. The summed E-state index contributed by atoms with van der Waals surface area (Å²) in [5.74, 6) is -0.689. The molecular formula is C16H15N3O3. The van der Waals surface area contributed by atoms with Crippen LogP contribution < -0.4 is 0 Å². The van der Waals surface area contributed by atoms with Crippen molar-refractivity contribution in [2.45, 2.75) is 26.8 Å². The van der Waals surface area contributed by atoms with Crippen LogP contribution in [0.1, 0.15) is 44.0 Å². The number of imide groups is 1. The molecule has 2 heterocycles. The Morgan fingerprint density at radius 3 is 2.09 bits per heavy atom. The normalized spacial score (nSPS) is 15.1. The van der Waals surface area contributed by atoms with E-state index in [1.165, 1.54) is 4.57 Å². The molecule has 1 aromatic heterocycles. The standard InChI is InChI=1S/C16H15N3O3/c1-9-8-18(11(3)17-9)14(20)10(2)19-15(21)12-6-4-5-7-13(12)16(19)22/h4-8,10H,1-3H3/t10-/m1/s1. The van der Waals surface area contributed by atoms with Gasteiger partial charge in [0.15, 0.2) is 0 Å². The summed E-state index contributed by atoms with van der Waals surface area (Å²) in [5.41, 5.74) is 1.39. The molecule has 0 unspecified atom stereocenters. The Morgan fingerprint density at radius 2 is 1.64 bits per heavy atom. The Hall–Kier alpha value is -2.76.